The summed E-state index contributed by atoms with van der Waals surface area (Å²) in [5.41, 5.74) is 1.66. The summed E-state index contributed by atoms with van der Waals surface area (Å²) < 4.78 is 23.8. The number of benzene rings is 2. The molecule has 0 aliphatic heterocycles. The zero-order valence-corrected chi connectivity index (χ0v) is 18.5. The maximum absolute atomic E-state index is 13.3. The first-order valence-electron chi connectivity index (χ1n) is 10.6. The molecular formula is C26H27FN2O4. The molecule has 0 spiro atoms. The number of carbonyl (C=O) groups excluding carboxylic acids is 2. The van der Waals surface area contributed by atoms with Gasteiger partial charge < -0.3 is 19.0 Å². The van der Waals surface area contributed by atoms with Gasteiger partial charge in [-0.3, -0.25) is 9.59 Å². The SMILES string of the molecule is COCCN(CC(=O)N(Cc1ccc(F)cc1)Cc1ccco1)C(=O)/C=C/c1ccccc1. The Labute approximate surface area is 192 Å². The standard InChI is InChI=1S/C26H27FN2O4/c1-32-17-15-28(25(30)14-11-21-6-3-2-4-7-21)20-26(31)29(19-24-8-5-16-33-24)18-22-9-12-23(27)13-10-22/h2-14,16H,15,17-20H2,1H3/b14-11+. The van der Waals surface area contributed by atoms with E-state index in [0.717, 1.165) is 11.1 Å². The van der Waals surface area contributed by atoms with E-state index in [9.17, 15) is 14.0 Å². The van der Waals surface area contributed by atoms with Gasteiger partial charge in [0.15, 0.2) is 0 Å². The van der Waals surface area contributed by atoms with Crippen molar-refractivity contribution in [3.63, 3.8) is 0 Å². The lowest BCUT2D eigenvalue weighted by Crippen LogP contribution is -2.43. The lowest BCUT2D eigenvalue weighted by atomic mass is 10.2. The molecule has 0 fully saturated rings. The molecule has 0 unspecified atom stereocenters. The summed E-state index contributed by atoms with van der Waals surface area (Å²) in [5.74, 6) is -0.273. The van der Waals surface area contributed by atoms with Crippen LogP contribution in [0.15, 0.2) is 83.5 Å². The Bertz CT molecular complexity index is 1030. The molecule has 1 heterocycles. The highest BCUT2D eigenvalue weighted by atomic mass is 19.1. The number of furan rings is 1. The lowest BCUT2D eigenvalue weighted by Gasteiger charge is -2.26. The van der Waals surface area contributed by atoms with E-state index in [-0.39, 0.29) is 43.8 Å². The third kappa shape index (κ3) is 7.73. The van der Waals surface area contributed by atoms with Gasteiger partial charge in [0.1, 0.15) is 18.1 Å². The van der Waals surface area contributed by atoms with Crippen LogP contribution in [0.1, 0.15) is 16.9 Å². The number of methoxy groups -OCH3 is 1. The van der Waals surface area contributed by atoms with Crippen LogP contribution in [0.3, 0.4) is 0 Å². The molecule has 7 heteroatoms. The monoisotopic (exact) mass is 450 g/mol. The maximum atomic E-state index is 13.3. The van der Waals surface area contributed by atoms with Crippen molar-refractivity contribution in [1.29, 1.82) is 0 Å². The molecule has 0 aliphatic carbocycles. The van der Waals surface area contributed by atoms with Gasteiger partial charge in [0.2, 0.25) is 11.8 Å². The van der Waals surface area contributed by atoms with Gasteiger partial charge >= 0.3 is 0 Å². The summed E-state index contributed by atoms with van der Waals surface area (Å²) in [6.45, 7) is 0.935. The average molecular weight is 451 g/mol. The van der Waals surface area contributed by atoms with Crippen LogP contribution in [-0.4, -0.2) is 48.4 Å². The molecule has 0 saturated carbocycles. The molecule has 3 aromatic rings. The molecule has 6 nitrogen and oxygen atoms in total. The molecule has 172 valence electrons. The smallest absolute Gasteiger partial charge is 0.247 e. The van der Waals surface area contributed by atoms with E-state index in [0.29, 0.717) is 12.4 Å². The van der Waals surface area contributed by atoms with Crippen LogP contribution in [0.25, 0.3) is 6.08 Å². The van der Waals surface area contributed by atoms with E-state index in [1.807, 2.05) is 30.3 Å². The summed E-state index contributed by atoms with van der Waals surface area (Å²) >= 11 is 0. The van der Waals surface area contributed by atoms with E-state index < -0.39 is 0 Å². The number of carbonyl (C=O) groups is 2. The van der Waals surface area contributed by atoms with Gasteiger partial charge in [-0.05, 0) is 41.5 Å². The highest BCUT2D eigenvalue weighted by Gasteiger charge is 2.21. The molecule has 0 N–H and O–H groups in total. The van der Waals surface area contributed by atoms with Crippen molar-refractivity contribution < 1.29 is 23.1 Å². The van der Waals surface area contributed by atoms with E-state index in [1.165, 1.54) is 23.1 Å². The number of hydrogen-bond donors (Lipinski definition) is 0. The van der Waals surface area contributed by atoms with Crippen LogP contribution in [0.2, 0.25) is 0 Å². The third-order valence-corrected chi connectivity index (χ3v) is 4.99. The van der Waals surface area contributed by atoms with Crippen LogP contribution in [0, 0.1) is 5.82 Å². The highest BCUT2D eigenvalue weighted by Crippen LogP contribution is 2.13. The Balaban J connectivity index is 1.74. The van der Waals surface area contributed by atoms with Gasteiger partial charge in [-0.1, -0.05) is 42.5 Å². The summed E-state index contributed by atoms with van der Waals surface area (Å²) in [6.07, 6.45) is 4.71. The Hall–Kier alpha value is -3.71. The molecule has 0 aliphatic rings. The van der Waals surface area contributed by atoms with E-state index >= 15 is 0 Å². The van der Waals surface area contributed by atoms with Crippen LogP contribution < -0.4 is 0 Å². The normalized spacial score (nSPS) is 11.0. The zero-order valence-electron chi connectivity index (χ0n) is 18.5. The number of rotatable bonds is 11. The number of nitrogens with zero attached hydrogens (tertiary/aromatic N) is 2. The van der Waals surface area contributed by atoms with E-state index in [1.54, 1.807) is 48.6 Å². The van der Waals surface area contributed by atoms with Crippen molar-refractivity contribution in [1.82, 2.24) is 9.80 Å². The van der Waals surface area contributed by atoms with Crippen molar-refractivity contribution in [2.75, 3.05) is 26.8 Å². The van der Waals surface area contributed by atoms with Gasteiger partial charge in [0, 0.05) is 26.3 Å². The van der Waals surface area contributed by atoms with Gasteiger partial charge in [-0.15, -0.1) is 0 Å². The zero-order chi connectivity index (χ0) is 23.5. The Morgan fingerprint density at radius 3 is 2.39 bits per heavy atom. The van der Waals surface area contributed by atoms with Gasteiger partial charge in [0.05, 0.1) is 19.4 Å². The maximum Gasteiger partial charge on any atom is 0.247 e. The fourth-order valence-corrected chi connectivity index (χ4v) is 3.20. The van der Waals surface area contributed by atoms with E-state index in [4.69, 9.17) is 9.15 Å². The minimum absolute atomic E-state index is 0.122. The summed E-state index contributed by atoms with van der Waals surface area (Å²) in [6, 6.07) is 19.0. The molecule has 0 saturated heterocycles. The molecule has 1 aromatic heterocycles. The first-order valence-corrected chi connectivity index (χ1v) is 10.6. The summed E-state index contributed by atoms with van der Waals surface area (Å²) in [5, 5.41) is 0. The molecule has 3 rings (SSSR count). The second-order valence-electron chi connectivity index (χ2n) is 7.45. The second-order valence-corrected chi connectivity index (χ2v) is 7.45. The van der Waals surface area contributed by atoms with Crippen molar-refractivity contribution in [2.45, 2.75) is 13.1 Å². The minimum Gasteiger partial charge on any atom is -0.467 e. The number of ether oxygens (including phenoxy) is 1. The average Bonchev–Trinajstić information content (AvgIpc) is 3.35. The van der Waals surface area contributed by atoms with Crippen molar-refractivity contribution >= 4 is 17.9 Å². The first kappa shape index (κ1) is 23.9. The van der Waals surface area contributed by atoms with Gasteiger partial charge in [-0.25, -0.2) is 4.39 Å². The molecule has 33 heavy (non-hydrogen) atoms. The predicted molar refractivity (Wildman–Crippen MR) is 123 cm³/mol. The fraction of sp³-hybridized carbons (Fsp3) is 0.231. The van der Waals surface area contributed by atoms with Crippen LogP contribution in [0.5, 0.6) is 0 Å². The third-order valence-electron chi connectivity index (χ3n) is 4.99. The Morgan fingerprint density at radius 1 is 0.970 bits per heavy atom. The Kier molecular flexibility index (Phi) is 8.97. The van der Waals surface area contributed by atoms with Crippen molar-refractivity contribution in [3.05, 3.63) is 102 Å². The summed E-state index contributed by atoms with van der Waals surface area (Å²) in [7, 11) is 1.54. The van der Waals surface area contributed by atoms with Crippen LogP contribution in [-0.2, 0) is 27.4 Å². The van der Waals surface area contributed by atoms with Gasteiger partial charge in [-0.2, -0.15) is 0 Å². The summed E-state index contributed by atoms with van der Waals surface area (Å²) in [4.78, 5) is 29.1. The number of halogens is 1. The number of amides is 2. The lowest BCUT2D eigenvalue weighted by molar-refractivity contribution is -0.139. The largest absolute Gasteiger partial charge is 0.467 e. The molecular weight excluding hydrogens is 423 g/mol. The van der Waals surface area contributed by atoms with Gasteiger partial charge in [0.25, 0.3) is 0 Å². The van der Waals surface area contributed by atoms with E-state index in [2.05, 4.69) is 0 Å². The number of hydrogen-bond acceptors (Lipinski definition) is 4. The van der Waals surface area contributed by atoms with Crippen molar-refractivity contribution in [2.24, 2.45) is 0 Å². The van der Waals surface area contributed by atoms with Crippen molar-refractivity contribution in [3.8, 4) is 0 Å². The van der Waals surface area contributed by atoms with Crippen LogP contribution in [0.4, 0.5) is 4.39 Å². The fourth-order valence-electron chi connectivity index (χ4n) is 3.20. The van der Waals surface area contributed by atoms with Crippen LogP contribution >= 0.6 is 0 Å². The topological polar surface area (TPSA) is 63.0 Å². The quantitative estimate of drug-likeness (QED) is 0.412. The molecule has 0 radical (unpaired) electrons. The predicted octanol–water partition coefficient (Wildman–Crippen LogP) is 4.14. The first-order chi connectivity index (χ1) is 16.0. The Morgan fingerprint density at radius 2 is 1.73 bits per heavy atom. The molecule has 2 amide bonds. The minimum atomic E-state index is -0.343. The molecule has 2 aromatic carbocycles. The molecule has 0 bridgehead atoms. The highest BCUT2D eigenvalue weighted by molar-refractivity contribution is 5.94. The molecule has 0 atom stereocenters. The second kappa shape index (κ2) is 12.4.